The summed E-state index contributed by atoms with van der Waals surface area (Å²) in [5.41, 5.74) is 0.770. The van der Waals surface area contributed by atoms with Crippen LogP contribution in [0.1, 0.15) is 24.0 Å². The normalized spacial score (nSPS) is 16.9. The molecule has 1 aliphatic heterocycles. The van der Waals surface area contributed by atoms with Crippen molar-refractivity contribution in [1.82, 2.24) is 4.98 Å². The van der Waals surface area contributed by atoms with Gasteiger partial charge in [0, 0.05) is 23.1 Å². The molecule has 5 nitrogen and oxygen atoms in total. The van der Waals surface area contributed by atoms with Crippen molar-refractivity contribution < 1.29 is 14.3 Å². The number of carboxylic acid groups (broad SMARTS) is 1. The van der Waals surface area contributed by atoms with Gasteiger partial charge >= 0.3 is 5.97 Å². The first-order valence-corrected chi connectivity index (χ1v) is 6.67. The Morgan fingerprint density at radius 2 is 2.00 bits per heavy atom. The average molecular weight is 300 g/mol. The summed E-state index contributed by atoms with van der Waals surface area (Å²) in [5, 5.41) is 12.4. The molecule has 1 unspecified atom stereocenters. The summed E-state index contributed by atoms with van der Waals surface area (Å²) in [4.78, 5) is 26.4. The van der Waals surface area contributed by atoms with Crippen LogP contribution < -0.4 is 10.9 Å². The van der Waals surface area contributed by atoms with Crippen molar-refractivity contribution in [2.45, 2.75) is 12.8 Å². The van der Waals surface area contributed by atoms with Gasteiger partial charge in [0.2, 0.25) is 0 Å². The molecule has 0 radical (unpaired) electrons. The first-order valence-electron chi connectivity index (χ1n) is 6.67. The number of pyridine rings is 1. The molecule has 1 atom stereocenters. The Morgan fingerprint density at radius 1 is 1.27 bits per heavy atom. The van der Waals surface area contributed by atoms with Crippen molar-refractivity contribution in [2.24, 2.45) is 0 Å². The predicted octanol–water partition coefficient (Wildman–Crippen LogP) is 2.43. The number of aromatic amines is 1. The molecule has 1 aromatic heterocycles. The highest BCUT2D eigenvalue weighted by molar-refractivity contribution is 5.93. The monoisotopic (exact) mass is 300 g/mol. The van der Waals surface area contributed by atoms with E-state index in [0.29, 0.717) is 11.4 Å². The van der Waals surface area contributed by atoms with E-state index in [4.69, 9.17) is 0 Å². The Balaban J connectivity index is 2.35. The maximum atomic E-state index is 14.2. The Morgan fingerprint density at radius 3 is 2.68 bits per heavy atom. The molecule has 112 valence electrons. The summed E-state index contributed by atoms with van der Waals surface area (Å²) in [6, 6.07) is 7.52. The number of carboxylic acids is 1. The number of aliphatic carboxylic acids is 1. The van der Waals surface area contributed by atoms with Crippen LogP contribution in [-0.2, 0) is 4.79 Å². The first-order chi connectivity index (χ1) is 10.5. The molecule has 0 aliphatic carbocycles. The fourth-order valence-corrected chi connectivity index (χ4v) is 2.82. The second-order valence-corrected chi connectivity index (χ2v) is 5.06. The van der Waals surface area contributed by atoms with Crippen LogP contribution in [0, 0.1) is 5.82 Å². The molecular weight excluding hydrogens is 287 g/mol. The summed E-state index contributed by atoms with van der Waals surface area (Å²) in [6.45, 7) is 1.60. The van der Waals surface area contributed by atoms with Crippen molar-refractivity contribution in [3.63, 3.8) is 0 Å². The second kappa shape index (κ2) is 5.14. The Kier molecular flexibility index (Phi) is 3.29. The third kappa shape index (κ3) is 2.09. The number of carbonyl (C=O) groups is 1. The lowest BCUT2D eigenvalue weighted by Crippen LogP contribution is -2.29. The Hall–Kier alpha value is -2.89. The number of benzene rings is 1. The largest absolute Gasteiger partial charge is 0.478 e. The van der Waals surface area contributed by atoms with Crippen molar-refractivity contribution in [2.75, 3.05) is 5.32 Å². The molecule has 3 N–H and O–H groups in total. The van der Waals surface area contributed by atoms with Crippen LogP contribution in [0.15, 0.2) is 52.6 Å². The molecule has 2 heterocycles. The van der Waals surface area contributed by atoms with Gasteiger partial charge in [0.05, 0.1) is 17.1 Å². The number of aromatic nitrogens is 1. The molecule has 1 aliphatic rings. The van der Waals surface area contributed by atoms with Gasteiger partial charge in [-0.3, -0.25) is 4.79 Å². The minimum Gasteiger partial charge on any atom is -0.478 e. The SMILES string of the molecule is CC1=C(C(=O)O)C(c2ccccc2F)c2c(cc[nH]c2=O)N1. The number of rotatable bonds is 2. The molecular formula is C16H13FN2O3. The predicted molar refractivity (Wildman–Crippen MR) is 79.3 cm³/mol. The Labute approximate surface area is 125 Å². The van der Waals surface area contributed by atoms with Gasteiger partial charge in [0.1, 0.15) is 5.82 Å². The molecule has 0 bridgehead atoms. The number of allylic oxidation sites excluding steroid dienone is 1. The first kappa shape index (κ1) is 14.1. The van der Waals surface area contributed by atoms with Crippen LogP contribution >= 0.6 is 0 Å². The van der Waals surface area contributed by atoms with Gasteiger partial charge in [-0.25, -0.2) is 9.18 Å². The smallest absolute Gasteiger partial charge is 0.334 e. The van der Waals surface area contributed by atoms with Gasteiger partial charge in [0.25, 0.3) is 5.56 Å². The molecule has 2 aromatic rings. The van der Waals surface area contributed by atoms with Crippen molar-refractivity contribution in [3.05, 3.63) is 75.1 Å². The van der Waals surface area contributed by atoms with Crippen LogP contribution in [0.4, 0.5) is 10.1 Å². The second-order valence-electron chi connectivity index (χ2n) is 5.06. The third-order valence-electron chi connectivity index (χ3n) is 3.75. The topological polar surface area (TPSA) is 82.2 Å². The van der Waals surface area contributed by atoms with Gasteiger partial charge in [-0.15, -0.1) is 0 Å². The molecule has 0 saturated carbocycles. The molecule has 22 heavy (non-hydrogen) atoms. The number of H-pyrrole nitrogens is 1. The standard InChI is InChI=1S/C16H13FN2O3/c1-8-12(16(21)22)13(9-4-2-3-5-10(9)17)14-11(19-8)6-7-18-15(14)20/h2-7,13,19H,1H3,(H,18,20)(H,21,22). The number of hydrogen-bond donors (Lipinski definition) is 3. The minimum absolute atomic E-state index is 0.0331. The molecule has 0 saturated heterocycles. The van der Waals surface area contributed by atoms with Gasteiger partial charge in [-0.05, 0) is 19.1 Å². The van der Waals surface area contributed by atoms with E-state index in [0.717, 1.165) is 0 Å². The van der Waals surface area contributed by atoms with E-state index in [1.54, 1.807) is 19.1 Å². The molecule has 1 aromatic carbocycles. The lowest BCUT2D eigenvalue weighted by Gasteiger charge is -2.28. The number of nitrogens with one attached hydrogen (secondary N) is 2. The lowest BCUT2D eigenvalue weighted by atomic mass is 9.81. The quantitative estimate of drug-likeness (QED) is 0.795. The summed E-state index contributed by atoms with van der Waals surface area (Å²) in [7, 11) is 0. The average Bonchev–Trinajstić information content (AvgIpc) is 2.46. The summed E-state index contributed by atoms with van der Waals surface area (Å²) < 4.78 is 14.2. The van der Waals surface area contributed by atoms with Crippen LogP contribution in [0.3, 0.4) is 0 Å². The zero-order chi connectivity index (χ0) is 15.9. The van der Waals surface area contributed by atoms with Crippen LogP contribution in [0.2, 0.25) is 0 Å². The highest BCUT2D eigenvalue weighted by atomic mass is 19.1. The van der Waals surface area contributed by atoms with E-state index in [1.807, 2.05) is 0 Å². The van der Waals surface area contributed by atoms with Gasteiger partial charge in [-0.1, -0.05) is 18.2 Å². The number of halogens is 1. The third-order valence-corrected chi connectivity index (χ3v) is 3.75. The summed E-state index contributed by atoms with van der Waals surface area (Å²) >= 11 is 0. The van der Waals surface area contributed by atoms with E-state index in [-0.39, 0.29) is 16.7 Å². The van der Waals surface area contributed by atoms with E-state index in [9.17, 15) is 19.1 Å². The summed E-state index contributed by atoms with van der Waals surface area (Å²) in [5.74, 6) is -2.69. The van der Waals surface area contributed by atoms with Crippen LogP contribution in [-0.4, -0.2) is 16.1 Å². The van der Waals surface area contributed by atoms with Crippen molar-refractivity contribution in [3.8, 4) is 0 Å². The fraction of sp³-hybridized carbons (Fsp3) is 0.125. The van der Waals surface area contributed by atoms with E-state index in [1.165, 1.54) is 24.4 Å². The van der Waals surface area contributed by atoms with Crippen molar-refractivity contribution >= 4 is 11.7 Å². The molecule has 0 amide bonds. The lowest BCUT2D eigenvalue weighted by molar-refractivity contribution is -0.133. The number of hydrogen-bond acceptors (Lipinski definition) is 3. The maximum absolute atomic E-state index is 14.2. The van der Waals surface area contributed by atoms with Gasteiger partial charge in [-0.2, -0.15) is 0 Å². The zero-order valence-electron chi connectivity index (χ0n) is 11.7. The van der Waals surface area contributed by atoms with E-state index in [2.05, 4.69) is 10.3 Å². The van der Waals surface area contributed by atoms with Gasteiger partial charge < -0.3 is 15.4 Å². The molecule has 0 spiro atoms. The zero-order valence-corrected chi connectivity index (χ0v) is 11.7. The van der Waals surface area contributed by atoms with Crippen LogP contribution in [0.5, 0.6) is 0 Å². The maximum Gasteiger partial charge on any atom is 0.334 e. The molecule has 6 heteroatoms. The summed E-state index contributed by atoms with van der Waals surface area (Å²) in [6.07, 6.45) is 1.46. The van der Waals surface area contributed by atoms with Crippen LogP contribution in [0.25, 0.3) is 0 Å². The number of fused-ring (bicyclic) bond motifs is 1. The Bertz CT molecular complexity index is 854. The molecule has 3 rings (SSSR count). The molecule has 0 fully saturated rings. The number of anilines is 1. The van der Waals surface area contributed by atoms with E-state index >= 15 is 0 Å². The highest BCUT2D eigenvalue weighted by Gasteiger charge is 2.35. The highest BCUT2D eigenvalue weighted by Crippen LogP contribution is 2.40. The minimum atomic E-state index is -1.19. The fourth-order valence-electron chi connectivity index (χ4n) is 2.82. The van der Waals surface area contributed by atoms with Gasteiger partial charge in [0.15, 0.2) is 0 Å². The van der Waals surface area contributed by atoms with Crippen molar-refractivity contribution in [1.29, 1.82) is 0 Å². The van der Waals surface area contributed by atoms with E-state index < -0.39 is 23.3 Å².